The smallest absolute Gasteiger partial charge is 0.305 e. The fraction of sp³-hybridized carbons (Fsp3) is 0.930. The minimum Gasteiger partial charge on any atom is -0.466 e. The Morgan fingerprint density at radius 1 is 0.293 bits per heavy atom. The topological polar surface area (TPSA) is 95.9 Å². The van der Waals surface area contributed by atoms with Gasteiger partial charge < -0.3 is 20.3 Å². The lowest BCUT2D eigenvalue weighted by Crippen LogP contribution is -2.45. The first-order valence-corrected chi connectivity index (χ1v) is 42.6. The number of carbonyl (C=O) groups excluding carboxylic acids is 2. The lowest BCUT2D eigenvalue weighted by Gasteiger charge is -2.20. The second kappa shape index (κ2) is 81.8. The van der Waals surface area contributed by atoms with E-state index in [1.54, 1.807) is 6.08 Å². The predicted molar refractivity (Wildman–Crippen MR) is 407 cm³/mol. The van der Waals surface area contributed by atoms with Crippen molar-refractivity contribution in [2.24, 2.45) is 0 Å². The second-order valence-electron chi connectivity index (χ2n) is 29.5. The summed E-state index contributed by atoms with van der Waals surface area (Å²) in [5.74, 6) is -0.0382. The molecule has 0 heterocycles. The van der Waals surface area contributed by atoms with Gasteiger partial charge in [0.25, 0.3) is 0 Å². The summed E-state index contributed by atoms with van der Waals surface area (Å²) in [4.78, 5) is 24.7. The summed E-state index contributed by atoms with van der Waals surface area (Å²) >= 11 is 0. The molecule has 0 aliphatic heterocycles. The van der Waals surface area contributed by atoms with Gasteiger partial charge >= 0.3 is 5.97 Å². The lowest BCUT2D eigenvalue weighted by atomic mass is 10.0. The van der Waals surface area contributed by atoms with E-state index < -0.39 is 12.1 Å². The van der Waals surface area contributed by atoms with Gasteiger partial charge in [0.1, 0.15) is 0 Å². The molecule has 0 rings (SSSR count). The molecular weight excluding hydrogens is 1130 g/mol. The normalized spacial score (nSPS) is 12.5. The van der Waals surface area contributed by atoms with Crippen LogP contribution in [0.4, 0.5) is 0 Å². The van der Waals surface area contributed by atoms with Crippen molar-refractivity contribution in [2.45, 2.75) is 501 Å². The Bertz CT molecular complexity index is 1450. The molecule has 0 saturated carbocycles. The third-order valence-electron chi connectivity index (χ3n) is 20.2. The van der Waals surface area contributed by atoms with Crippen molar-refractivity contribution in [1.29, 1.82) is 0 Å². The minimum atomic E-state index is -0.843. The van der Waals surface area contributed by atoms with Crippen LogP contribution in [0.15, 0.2) is 24.3 Å². The molecule has 546 valence electrons. The van der Waals surface area contributed by atoms with Gasteiger partial charge in [-0.1, -0.05) is 443 Å². The van der Waals surface area contributed by atoms with E-state index in [1.165, 1.54) is 424 Å². The number of esters is 1. The molecule has 0 saturated heterocycles. The number of allylic oxidation sites excluding steroid dienone is 3. The van der Waals surface area contributed by atoms with Crippen LogP contribution in [-0.4, -0.2) is 47.4 Å². The van der Waals surface area contributed by atoms with Crippen LogP contribution in [0.2, 0.25) is 0 Å². The molecule has 0 aliphatic carbocycles. The molecule has 0 aromatic heterocycles. The van der Waals surface area contributed by atoms with Crippen LogP contribution in [0.25, 0.3) is 0 Å². The summed E-state index contributed by atoms with van der Waals surface area (Å²) in [6.45, 7) is 4.96. The molecule has 0 spiro atoms. The SMILES string of the molecule is CCCCCCCCC/C=C\CCCCCCCCCC(=O)OCCCCCCCCCCCCCCCCCCCCCCCCCCCCCCCCCCC(=O)NC(CO)C(O)/C=C/CCCCCCCCCCCCCCCCCCCCCCCCC. The van der Waals surface area contributed by atoms with E-state index in [2.05, 4.69) is 31.3 Å². The average Bonchev–Trinajstić information content (AvgIpc) is 3.77. The zero-order chi connectivity index (χ0) is 66.3. The first-order valence-electron chi connectivity index (χ1n) is 42.6. The van der Waals surface area contributed by atoms with Gasteiger partial charge in [-0.3, -0.25) is 9.59 Å². The van der Waals surface area contributed by atoms with Crippen molar-refractivity contribution in [3.05, 3.63) is 24.3 Å². The van der Waals surface area contributed by atoms with E-state index in [0.717, 1.165) is 38.5 Å². The van der Waals surface area contributed by atoms with Crippen LogP contribution in [0.1, 0.15) is 489 Å². The van der Waals surface area contributed by atoms with Crippen molar-refractivity contribution in [3.8, 4) is 0 Å². The number of rotatable bonds is 81. The third-order valence-corrected chi connectivity index (χ3v) is 20.2. The molecule has 1 amide bonds. The summed E-state index contributed by atoms with van der Waals surface area (Å²) in [5.41, 5.74) is 0. The summed E-state index contributed by atoms with van der Waals surface area (Å²) in [6.07, 6.45) is 106. The molecule has 0 aliphatic rings. The van der Waals surface area contributed by atoms with E-state index in [4.69, 9.17) is 4.74 Å². The summed E-state index contributed by atoms with van der Waals surface area (Å²) in [5, 5.41) is 23.3. The first kappa shape index (κ1) is 90.3. The highest BCUT2D eigenvalue weighted by Gasteiger charge is 2.18. The highest BCUT2D eigenvalue weighted by atomic mass is 16.5. The quantitative estimate of drug-likeness (QED) is 0.0320. The van der Waals surface area contributed by atoms with Crippen LogP contribution in [-0.2, 0) is 14.3 Å². The zero-order valence-corrected chi connectivity index (χ0v) is 62.8. The molecule has 6 nitrogen and oxygen atoms in total. The average molecular weight is 1300 g/mol. The Balaban J connectivity index is 3.34. The largest absolute Gasteiger partial charge is 0.466 e. The number of aliphatic hydroxyl groups excluding tert-OH is 2. The van der Waals surface area contributed by atoms with Gasteiger partial charge in [-0.2, -0.15) is 0 Å². The van der Waals surface area contributed by atoms with Crippen molar-refractivity contribution >= 4 is 11.9 Å². The van der Waals surface area contributed by atoms with Gasteiger partial charge in [-0.15, -0.1) is 0 Å². The molecule has 0 aromatic rings. The van der Waals surface area contributed by atoms with E-state index >= 15 is 0 Å². The van der Waals surface area contributed by atoms with Crippen LogP contribution in [0.3, 0.4) is 0 Å². The maximum absolute atomic E-state index is 12.6. The van der Waals surface area contributed by atoms with Gasteiger partial charge in [0.15, 0.2) is 0 Å². The Kier molecular flexibility index (Phi) is 80.3. The van der Waals surface area contributed by atoms with Crippen molar-refractivity contribution in [3.63, 3.8) is 0 Å². The highest BCUT2D eigenvalue weighted by molar-refractivity contribution is 5.76. The Morgan fingerprint density at radius 3 is 0.772 bits per heavy atom. The highest BCUT2D eigenvalue weighted by Crippen LogP contribution is 2.21. The number of amides is 1. The summed E-state index contributed by atoms with van der Waals surface area (Å²) < 4.78 is 5.52. The molecule has 6 heteroatoms. The Labute approximate surface area is 577 Å². The Hall–Kier alpha value is -1.66. The number of carbonyl (C=O) groups is 2. The lowest BCUT2D eigenvalue weighted by molar-refractivity contribution is -0.143. The van der Waals surface area contributed by atoms with Crippen LogP contribution in [0.5, 0.6) is 0 Å². The molecule has 0 aromatic carbocycles. The summed E-state index contributed by atoms with van der Waals surface area (Å²) in [6, 6.07) is -0.626. The maximum Gasteiger partial charge on any atom is 0.305 e. The van der Waals surface area contributed by atoms with E-state index in [0.29, 0.717) is 19.4 Å². The van der Waals surface area contributed by atoms with Crippen LogP contribution in [0, 0.1) is 0 Å². The van der Waals surface area contributed by atoms with Gasteiger partial charge in [0.05, 0.1) is 25.4 Å². The fourth-order valence-electron chi connectivity index (χ4n) is 13.8. The molecule has 0 fully saturated rings. The van der Waals surface area contributed by atoms with E-state index in [1.807, 2.05) is 6.08 Å². The molecule has 2 atom stereocenters. The minimum absolute atomic E-state index is 0.0193. The number of unbranched alkanes of at least 4 members (excludes halogenated alkanes) is 68. The molecule has 3 N–H and O–H groups in total. The Morgan fingerprint density at radius 2 is 0.511 bits per heavy atom. The molecule has 2 unspecified atom stereocenters. The van der Waals surface area contributed by atoms with E-state index in [-0.39, 0.29) is 18.5 Å². The second-order valence-corrected chi connectivity index (χ2v) is 29.5. The molecule has 0 bridgehead atoms. The molecule has 0 radical (unpaired) electrons. The number of aliphatic hydroxyl groups is 2. The first-order chi connectivity index (χ1) is 45.5. The van der Waals surface area contributed by atoms with Crippen LogP contribution >= 0.6 is 0 Å². The molecular formula is C86H167NO5. The third kappa shape index (κ3) is 77.3. The zero-order valence-electron chi connectivity index (χ0n) is 62.8. The van der Waals surface area contributed by atoms with Gasteiger partial charge in [0, 0.05) is 12.8 Å². The number of hydrogen-bond donors (Lipinski definition) is 3. The predicted octanol–water partition coefficient (Wildman–Crippen LogP) is 28.4. The molecule has 92 heavy (non-hydrogen) atoms. The van der Waals surface area contributed by atoms with Crippen molar-refractivity contribution in [1.82, 2.24) is 5.32 Å². The number of nitrogens with one attached hydrogen (secondary N) is 1. The monoisotopic (exact) mass is 1290 g/mol. The fourth-order valence-corrected chi connectivity index (χ4v) is 13.8. The van der Waals surface area contributed by atoms with Gasteiger partial charge in [0.2, 0.25) is 5.91 Å². The standard InChI is InChI=1S/C86H167NO5/c1-3-5-7-9-11-13-15-17-19-21-23-24-25-34-37-40-43-46-50-54-58-62-66-70-74-78-84(89)83(82-88)87-85(90)79-75-71-67-63-59-55-51-47-44-41-38-35-32-30-28-26-27-29-31-33-36-39-42-45-49-53-57-61-65-69-73-77-81-92-86(91)80-76-72-68-64-60-56-52-48-22-20-18-16-14-12-10-8-6-4-2/h20,22,74,78,83-84,88-89H,3-19,21,23-73,75-77,79-82H2,1-2H3,(H,87,90)/b22-20-,78-74+. The van der Waals surface area contributed by atoms with Gasteiger partial charge in [-0.25, -0.2) is 0 Å². The summed E-state index contributed by atoms with van der Waals surface area (Å²) in [7, 11) is 0. The number of hydrogen-bond acceptors (Lipinski definition) is 5. The number of ether oxygens (including phenoxy) is 1. The van der Waals surface area contributed by atoms with Crippen molar-refractivity contribution in [2.75, 3.05) is 13.2 Å². The van der Waals surface area contributed by atoms with Crippen molar-refractivity contribution < 1.29 is 24.5 Å². The maximum atomic E-state index is 12.6. The van der Waals surface area contributed by atoms with Gasteiger partial charge in [-0.05, 0) is 57.8 Å². The van der Waals surface area contributed by atoms with E-state index in [9.17, 15) is 19.8 Å². The van der Waals surface area contributed by atoms with Crippen LogP contribution < -0.4 is 5.32 Å².